The van der Waals surface area contributed by atoms with Gasteiger partial charge >= 0.3 is 0 Å². The molecule has 0 spiro atoms. The number of hydrogen-bond donors (Lipinski definition) is 6. The number of aromatic nitrogens is 10. The number of nitrogens with zero attached hydrogens (tertiary/aromatic N) is 22. The maximum Gasteiger partial charge on any atom is 0.270 e. The number of hydrogen-bond acceptors (Lipinski definition) is 32. The fourth-order valence-corrected chi connectivity index (χ4v) is 18.9. The SMILES string of the molecule is CN1C(=O)c2sccc2N(C)c2nc(Nc3ccc(NC(=O)CBr)cc3)ncc21.CN1CCC(n2cc(Nc3ncc4c(n3)N(C)c3ccsc3C(=O)N4C)cn2)CC1.CN1CCN(c2ccc(Nc3ncc4c(n3)N(C)c3ccsc3C(=O)N4C)cc2)CC1.COc1cc(N2CCC(O)CC2)ccc1Nc1ncc2c(n1)N(C)c1ccsc1C(=O)N2C. The van der Waals surface area contributed by atoms with Crippen LogP contribution >= 0.6 is 61.3 Å². The Morgan fingerprint density at radius 2 is 0.789 bits per heavy atom. The summed E-state index contributed by atoms with van der Waals surface area (Å²) in [7, 11) is 20.6. The second-order valence-corrected chi connectivity index (χ2v) is 34.5. The molecule has 34 nitrogen and oxygen atoms in total. The van der Waals surface area contributed by atoms with Gasteiger partial charge in [0, 0.05) is 136 Å². The van der Waals surface area contributed by atoms with Crippen LogP contribution in [-0.2, 0) is 4.79 Å². The highest BCUT2D eigenvalue weighted by molar-refractivity contribution is 9.09. The normalized spacial score (nSPS) is 15.9. The Labute approximate surface area is 735 Å². The Morgan fingerprint density at radius 1 is 0.423 bits per heavy atom. The van der Waals surface area contributed by atoms with Gasteiger partial charge in [0.2, 0.25) is 29.7 Å². The highest BCUT2D eigenvalue weighted by Crippen LogP contribution is 2.46. The van der Waals surface area contributed by atoms with Gasteiger partial charge in [-0.3, -0.25) is 28.7 Å². The van der Waals surface area contributed by atoms with Gasteiger partial charge < -0.3 is 95.2 Å². The van der Waals surface area contributed by atoms with Crippen molar-refractivity contribution in [2.24, 2.45) is 0 Å². The lowest BCUT2D eigenvalue weighted by molar-refractivity contribution is -0.113. The van der Waals surface area contributed by atoms with Crippen LogP contribution in [0.5, 0.6) is 5.75 Å². The number of aliphatic hydroxyl groups excluding tert-OH is 1. The van der Waals surface area contributed by atoms with Gasteiger partial charge in [-0.25, -0.2) is 19.9 Å². The number of halogens is 1. The van der Waals surface area contributed by atoms with E-state index >= 15 is 0 Å². The fourth-order valence-electron chi connectivity index (χ4n) is 15.2. The molecule has 12 aromatic rings. The van der Waals surface area contributed by atoms with E-state index in [0.29, 0.717) is 107 Å². The summed E-state index contributed by atoms with van der Waals surface area (Å²) >= 11 is 8.82. The van der Waals surface area contributed by atoms with Crippen LogP contribution in [0.15, 0.2) is 150 Å². The molecule has 0 atom stereocenters. The second kappa shape index (κ2) is 36.3. The quantitative estimate of drug-likeness (QED) is 0.0551. The Bertz CT molecular complexity index is 5880. The number of ether oxygens (including phenoxy) is 1. The number of aliphatic hydroxyl groups is 1. The maximum atomic E-state index is 12.8. The number of methoxy groups -OCH3 is 1. The van der Waals surface area contributed by atoms with E-state index in [1.165, 1.54) is 51.0 Å². The lowest BCUT2D eigenvalue weighted by atomic mass is 10.1. The molecule has 0 radical (unpaired) electrons. The third-order valence-corrected chi connectivity index (χ3v) is 26.5. The molecular formula is C84H92BrN27O7S4. The number of likely N-dealkylation sites (N-methyl/N-ethyl adjacent to an activating group) is 1. The van der Waals surface area contributed by atoms with Crippen molar-refractivity contribution in [2.75, 3.05) is 211 Å². The number of piperazine rings is 1. The molecule has 0 unspecified atom stereocenters. The van der Waals surface area contributed by atoms with E-state index in [9.17, 15) is 29.1 Å². The Balaban J connectivity index is 0.000000122. The number of anilines is 23. The van der Waals surface area contributed by atoms with Crippen molar-refractivity contribution < 1.29 is 33.8 Å². The van der Waals surface area contributed by atoms with Gasteiger partial charge in [-0.15, -0.1) is 45.3 Å². The van der Waals surface area contributed by atoms with E-state index in [-0.39, 0.29) is 41.0 Å². The van der Waals surface area contributed by atoms with Crippen LogP contribution in [0.2, 0.25) is 0 Å². The minimum Gasteiger partial charge on any atom is -0.494 e. The number of nitrogens with one attached hydrogen (secondary N) is 5. The van der Waals surface area contributed by atoms with Crippen molar-refractivity contribution in [3.8, 4) is 5.75 Å². The van der Waals surface area contributed by atoms with Crippen molar-refractivity contribution in [2.45, 2.75) is 37.8 Å². The van der Waals surface area contributed by atoms with Crippen LogP contribution < -0.4 is 80.3 Å². The number of benzene rings is 3. The molecule has 0 bridgehead atoms. The molecule has 3 aromatic carbocycles. The lowest BCUT2D eigenvalue weighted by Gasteiger charge is -2.34. The van der Waals surface area contributed by atoms with Crippen molar-refractivity contribution in [3.05, 3.63) is 169 Å². The van der Waals surface area contributed by atoms with E-state index in [0.717, 1.165) is 129 Å². The minimum atomic E-state index is -0.216. The monoisotopic (exact) mass is 1800 g/mol. The molecule has 3 fully saturated rings. The standard InChI is InChI=1S/C23H26N6O3S.C22H25N7OS.C20H24N8OS.C19H17BrN6O2S/c1-27-17-8-11-33-20(17)22(31)28(2)18-13-24-23(26-21(18)27)25-16-5-4-14(12-19(16)32-3)29-9-6-15(30)7-10-29;1-26-9-11-29(12-10-26)16-6-4-15(5-7-16)24-22-23-14-18-20(25-22)27(2)17-8-13-31-19(17)21(30)28(18)3;1-25-7-4-14(5-8-25)28-12-13(10-22-28)23-20-21-11-16-18(24-20)26(2)15-6-9-30-17(15)19(29)27(16)3;1-25-13-7-8-29-16(13)18(28)26(2)14-10-21-19(24-17(14)25)23-12-5-3-11(4-6-12)22-15(27)9-20/h4-5,8,11-13,15,30H,6-7,9-10H2,1-3H3,(H,24,25,26);4-8,13-14H,9-12H2,1-3H3,(H,23,24,25);6,9-12,14H,4-5,7-8H2,1-3H3,(H,21,23,24);3-8,10H,9H2,1-2H3,(H,22,27)(H,21,23,24). The summed E-state index contributed by atoms with van der Waals surface area (Å²) in [6, 6.07) is 29.7. The van der Waals surface area contributed by atoms with Crippen molar-refractivity contribution in [1.82, 2.24) is 59.5 Å². The zero-order chi connectivity index (χ0) is 86.0. The molecular weight excluding hydrogens is 1710 g/mol. The Kier molecular flexibility index (Phi) is 24.8. The third-order valence-electron chi connectivity index (χ3n) is 22.5. The average molecular weight is 1800 g/mol. The van der Waals surface area contributed by atoms with E-state index < -0.39 is 0 Å². The third kappa shape index (κ3) is 17.7. The van der Waals surface area contributed by atoms with Gasteiger partial charge in [-0.2, -0.15) is 25.0 Å². The Hall–Kier alpha value is -12.5. The number of likely N-dealkylation sites (tertiary alicyclic amines) is 1. The first-order chi connectivity index (χ1) is 59.4. The van der Waals surface area contributed by atoms with E-state index in [1.54, 1.807) is 91.8 Å². The smallest absolute Gasteiger partial charge is 0.270 e. The fraction of sp³-hybridized carbons (Fsp3) is 0.310. The highest BCUT2D eigenvalue weighted by Gasteiger charge is 2.36. The summed E-state index contributed by atoms with van der Waals surface area (Å²) in [4.78, 5) is 125. The topological polar surface area (TPSA) is 335 Å². The molecule has 9 aromatic heterocycles. The van der Waals surface area contributed by atoms with Crippen LogP contribution in [0.4, 0.5) is 132 Å². The molecule has 3 saturated heterocycles. The molecule has 0 aliphatic carbocycles. The largest absolute Gasteiger partial charge is 0.494 e. The summed E-state index contributed by atoms with van der Waals surface area (Å²) in [6.45, 7) is 8.05. The minimum absolute atomic E-state index is 0.0422. The second-order valence-electron chi connectivity index (χ2n) is 30.3. The number of carbonyl (C=O) groups excluding carboxylic acids is 5. The van der Waals surface area contributed by atoms with Gasteiger partial charge in [0.25, 0.3) is 23.6 Å². The first-order valence-electron chi connectivity index (χ1n) is 39.7. The molecule has 7 aliphatic rings. The number of rotatable bonds is 14. The average Bonchev–Trinajstić information content (AvgIpc) is 1.64. The summed E-state index contributed by atoms with van der Waals surface area (Å²) in [5.74, 6) is 4.77. The molecule has 16 heterocycles. The molecule has 19 rings (SSSR count). The van der Waals surface area contributed by atoms with Crippen LogP contribution in [0.3, 0.4) is 0 Å². The number of fused-ring (bicyclic) bond motifs is 8. The molecule has 0 saturated carbocycles. The van der Waals surface area contributed by atoms with Crippen LogP contribution in [-0.4, -0.2) is 235 Å². The predicted octanol–water partition coefficient (Wildman–Crippen LogP) is 14.1. The summed E-state index contributed by atoms with van der Waals surface area (Å²) in [6.07, 6.45) is 14.0. The van der Waals surface area contributed by atoms with Gasteiger partial charge in [-0.05, 0) is 159 Å². The van der Waals surface area contributed by atoms with Crippen LogP contribution in [0.1, 0.15) is 70.4 Å². The zero-order valence-electron chi connectivity index (χ0n) is 69.5. The number of carbonyl (C=O) groups is 5. The van der Waals surface area contributed by atoms with Crippen LogP contribution in [0.25, 0.3) is 0 Å². The van der Waals surface area contributed by atoms with Gasteiger partial charge in [0.15, 0.2) is 23.3 Å². The molecule has 6 N–H and O–H groups in total. The summed E-state index contributed by atoms with van der Waals surface area (Å²) in [5.41, 5.74) is 12.3. The van der Waals surface area contributed by atoms with Gasteiger partial charge in [0.1, 0.15) is 48.0 Å². The predicted molar refractivity (Wildman–Crippen MR) is 495 cm³/mol. The molecule has 636 valence electrons. The molecule has 7 aliphatic heterocycles. The van der Waals surface area contributed by atoms with Crippen molar-refractivity contribution >= 4 is 223 Å². The zero-order valence-corrected chi connectivity index (χ0v) is 74.4. The maximum absolute atomic E-state index is 12.8. The summed E-state index contributed by atoms with van der Waals surface area (Å²) in [5, 5.41) is 38.0. The van der Waals surface area contributed by atoms with Gasteiger partial charge in [0.05, 0.1) is 89.7 Å². The molecule has 123 heavy (non-hydrogen) atoms. The Morgan fingerprint density at radius 3 is 1.20 bits per heavy atom. The molecule has 39 heteroatoms. The van der Waals surface area contributed by atoms with Crippen molar-refractivity contribution in [1.29, 1.82) is 0 Å². The summed E-state index contributed by atoms with van der Waals surface area (Å²) < 4.78 is 7.67. The van der Waals surface area contributed by atoms with E-state index in [4.69, 9.17) is 19.7 Å². The first kappa shape index (κ1) is 84.1. The van der Waals surface area contributed by atoms with E-state index in [2.05, 4.69) is 130 Å². The van der Waals surface area contributed by atoms with E-state index in [1.807, 2.05) is 141 Å². The van der Waals surface area contributed by atoms with Crippen molar-refractivity contribution in [3.63, 3.8) is 0 Å². The molecule has 5 amide bonds. The first-order valence-corrected chi connectivity index (χ1v) is 44.4. The van der Waals surface area contributed by atoms with Gasteiger partial charge in [-0.1, -0.05) is 15.9 Å². The number of piperidine rings is 2. The number of alkyl halides is 1. The highest BCUT2D eigenvalue weighted by atomic mass is 79.9. The lowest BCUT2D eigenvalue weighted by Crippen LogP contribution is -2.44. The number of amides is 5. The number of thiophene rings is 4. The van der Waals surface area contributed by atoms with Crippen LogP contribution in [0, 0.1) is 0 Å².